The molecule has 0 aliphatic carbocycles. The number of carboxylic acid groups (broad SMARTS) is 1. The van der Waals surface area contributed by atoms with Crippen LogP contribution < -0.4 is 16.0 Å². The number of amides is 1. The normalized spacial score (nSPS) is 11.0. The highest BCUT2D eigenvalue weighted by atomic mass is 32.1. The fourth-order valence-electron chi connectivity index (χ4n) is 1.62. The Morgan fingerprint density at radius 1 is 1.10 bits per heavy atom. The highest BCUT2D eigenvalue weighted by Crippen LogP contribution is 2.17. The summed E-state index contributed by atoms with van der Waals surface area (Å²) in [5, 5.41) is 12.4. The van der Waals surface area contributed by atoms with Crippen LogP contribution in [-0.4, -0.2) is 11.9 Å². The summed E-state index contributed by atoms with van der Waals surface area (Å²) in [6.45, 7) is 0. The first-order valence-corrected chi connectivity index (χ1v) is 7.10. The average Bonchev–Trinajstić information content (AvgIpc) is 3.02. The third kappa shape index (κ3) is 4.47. The van der Waals surface area contributed by atoms with Crippen LogP contribution in [0.2, 0.25) is 0 Å². The summed E-state index contributed by atoms with van der Waals surface area (Å²) in [6.07, 6.45) is 1.23. The van der Waals surface area contributed by atoms with Crippen LogP contribution in [0.3, 0.4) is 0 Å². The van der Waals surface area contributed by atoms with Gasteiger partial charge in [0.1, 0.15) is 0 Å². The number of carbonyl (C=O) groups excluding carboxylic acids is 2. The van der Waals surface area contributed by atoms with Crippen molar-refractivity contribution in [3.05, 3.63) is 64.4 Å². The Morgan fingerprint density at radius 3 is 2.48 bits per heavy atom. The molecule has 0 aliphatic rings. The molecule has 0 unspecified atom stereocenters. The second-order valence-electron chi connectivity index (χ2n) is 4.12. The van der Waals surface area contributed by atoms with Crippen LogP contribution in [0, 0.1) is 0 Å². The van der Waals surface area contributed by atoms with Gasteiger partial charge in [0.15, 0.2) is 0 Å². The van der Waals surface area contributed by atoms with Crippen LogP contribution in [0.4, 0.5) is 0 Å². The Hall–Kier alpha value is -2.60. The fraction of sp³-hybridized carbons (Fsp3) is 0.0667. The number of nitrogens with one attached hydrogen (secondary N) is 2. The molecule has 21 heavy (non-hydrogen) atoms. The van der Waals surface area contributed by atoms with Gasteiger partial charge in [-0.25, -0.2) is 0 Å². The number of rotatable bonds is 6. The van der Waals surface area contributed by atoms with Crippen molar-refractivity contribution in [1.82, 2.24) is 10.9 Å². The summed E-state index contributed by atoms with van der Waals surface area (Å²) in [5.74, 6) is -1.48. The van der Waals surface area contributed by atoms with Crippen LogP contribution in [0.1, 0.15) is 21.7 Å². The maximum Gasteiger partial charge on any atom is 0.269 e. The molecule has 2 aromatic rings. The molecule has 6 heteroatoms. The molecule has 0 aliphatic heterocycles. The quantitative estimate of drug-likeness (QED) is 0.785. The molecule has 2 N–H and O–H groups in total. The van der Waals surface area contributed by atoms with Gasteiger partial charge >= 0.3 is 0 Å². The molecule has 0 bridgehead atoms. The van der Waals surface area contributed by atoms with Crippen molar-refractivity contribution in [2.75, 3.05) is 0 Å². The summed E-state index contributed by atoms with van der Waals surface area (Å²) in [5.41, 5.74) is 6.34. The summed E-state index contributed by atoms with van der Waals surface area (Å²) in [4.78, 5) is 23.3. The van der Waals surface area contributed by atoms with Crippen LogP contribution in [0.25, 0.3) is 5.70 Å². The van der Waals surface area contributed by atoms with Crippen molar-refractivity contribution >= 4 is 28.9 Å². The first kappa shape index (κ1) is 14.8. The van der Waals surface area contributed by atoms with E-state index in [9.17, 15) is 14.7 Å². The lowest BCUT2D eigenvalue weighted by Crippen LogP contribution is -2.36. The number of carboxylic acids is 1. The fourth-order valence-corrected chi connectivity index (χ4v) is 2.34. The summed E-state index contributed by atoms with van der Waals surface area (Å²) in [7, 11) is 0. The van der Waals surface area contributed by atoms with E-state index in [1.807, 2.05) is 23.6 Å². The number of thiophene rings is 1. The molecule has 0 fully saturated rings. The molecule has 108 valence electrons. The van der Waals surface area contributed by atoms with Gasteiger partial charge in [-0.3, -0.25) is 15.6 Å². The number of hydrogen-bond donors (Lipinski definition) is 2. The van der Waals surface area contributed by atoms with E-state index < -0.39 is 5.97 Å². The molecular formula is C15H13N2O3S-. The van der Waals surface area contributed by atoms with Gasteiger partial charge in [0.25, 0.3) is 5.91 Å². The van der Waals surface area contributed by atoms with E-state index in [1.54, 1.807) is 24.3 Å². The summed E-state index contributed by atoms with van der Waals surface area (Å²) < 4.78 is 0. The Balaban J connectivity index is 2.04. The van der Waals surface area contributed by atoms with Gasteiger partial charge in [-0.2, -0.15) is 0 Å². The molecule has 5 nitrogen and oxygen atoms in total. The number of hydrazine groups is 1. The Bertz CT molecular complexity index is 636. The summed E-state index contributed by atoms with van der Waals surface area (Å²) in [6, 6.07) is 12.4. The largest absolute Gasteiger partial charge is 0.550 e. The molecule has 1 amide bonds. The van der Waals surface area contributed by atoms with Crippen molar-refractivity contribution in [3.63, 3.8) is 0 Å². The van der Waals surface area contributed by atoms with E-state index in [4.69, 9.17) is 0 Å². The Kier molecular flexibility index (Phi) is 5.11. The van der Waals surface area contributed by atoms with Crippen LogP contribution in [0.15, 0.2) is 53.9 Å². The highest BCUT2D eigenvalue weighted by molar-refractivity contribution is 7.11. The van der Waals surface area contributed by atoms with Gasteiger partial charge in [0, 0.05) is 18.0 Å². The maximum absolute atomic E-state index is 11.9. The lowest BCUT2D eigenvalue weighted by atomic mass is 10.2. The molecule has 0 radical (unpaired) electrons. The second kappa shape index (κ2) is 7.25. The minimum Gasteiger partial charge on any atom is -0.550 e. The number of aliphatic carboxylic acids is 1. The van der Waals surface area contributed by atoms with Gasteiger partial charge in [0.05, 0.1) is 10.6 Å². The molecule has 1 aromatic carbocycles. The smallest absolute Gasteiger partial charge is 0.269 e. The number of carbonyl (C=O) groups is 2. The van der Waals surface area contributed by atoms with E-state index in [0.29, 0.717) is 11.3 Å². The highest BCUT2D eigenvalue weighted by Gasteiger charge is 2.06. The zero-order valence-electron chi connectivity index (χ0n) is 11.0. The van der Waals surface area contributed by atoms with E-state index in [0.717, 1.165) is 4.88 Å². The average molecular weight is 301 g/mol. The minimum absolute atomic E-state index is 0.235. The van der Waals surface area contributed by atoms with E-state index in [2.05, 4.69) is 10.9 Å². The van der Waals surface area contributed by atoms with Gasteiger partial charge < -0.3 is 9.90 Å². The Morgan fingerprint density at radius 2 is 1.86 bits per heavy atom. The molecule has 0 spiro atoms. The van der Waals surface area contributed by atoms with Gasteiger partial charge in [-0.1, -0.05) is 30.3 Å². The zero-order chi connectivity index (χ0) is 15.1. The molecule has 1 aromatic heterocycles. The Labute approximate surface area is 125 Å². The van der Waals surface area contributed by atoms with Gasteiger partial charge in [-0.05, 0) is 23.6 Å². The SMILES string of the molecule is O=C([O-])C/C=C(/NNC(=O)c1ccccc1)c1cccs1. The third-order valence-corrected chi connectivity index (χ3v) is 3.51. The molecular weight excluding hydrogens is 288 g/mol. The molecule has 2 rings (SSSR count). The van der Waals surface area contributed by atoms with Gasteiger partial charge in [-0.15, -0.1) is 11.3 Å². The van der Waals surface area contributed by atoms with Crippen LogP contribution >= 0.6 is 11.3 Å². The molecule has 0 saturated heterocycles. The second-order valence-corrected chi connectivity index (χ2v) is 5.06. The van der Waals surface area contributed by atoms with Crippen molar-refractivity contribution in [2.45, 2.75) is 6.42 Å². The standard InChI is InChI=1S/C15H14N2O3S/c18-14(19)9-8-12(13-7-4-10-21-13)16-17-15(20)11-5-2-1-3-6-11/h1-8,10,16H,9H2,(H,17,20)(H,18,19)/p-1/b12-8+. The first-order valence-electron chi connectivity index (χ1n) is 6.22. The van der Waals surface area contributed by atoms with E-state index in [1.165, 1.54) is 17.4 Å². The van der Waals surface area contributed by atoms with Crippen molar-refractivity contribution in [1.29, 1.82) is 0 Å². The van der Waals surface area contributed by atoms with Crippen LogP contribution in [-0.2, 0) is 4.79 Å². The number of hydrogen-bond acceptors (Lipinski definition) is 5. The number of benzene rings is 1. The first-order chi connectivity index (χ1) is 10.2. The molecule has 0 saturated carbocycles. The predicted octanol–water partition coefficient (Wildman–Crippen LogP) is 1.16. The molecule has 1 heterocycles. The van der Waals surface area contributed by atoms with Crippen molar-refractivity contribution in [2.24, 2.45) is 0 Å². The van der Waals surface area contributed by atoms with Crippen molar-refractivity contribution in [3.8, 4) is 0 Å². The zero-order valence-corrected chi connectivity index (χ0v) is 11.9. The summed E-state index contributed by atoms with van der Waals surface area (Å²) >= 11 is 1.43. The van der Waals surface area contributed by atoms with Crippen LogP contribution in [0.5, 0.6) is 0 Å². The topological polar surface area (TPSA) is 81.3 Å². The third-order valence-electron chi connectivity index (χ3n) is 2.61. The van der Waals surface area contributed by atoms with Gasteiger partial charge in [0.2, 0.25) is 0 Å². The van der Waals surface area contributed by atoms with E-state index in [-0.39, 0.29) is 12.3 Å². The van der Waals surface area contributed by atoms with Crippen molar-refractivity contribution < 1.29 is 14.7 Å². The lowest BCUT2D eigenvalue weighted by molar-refractivity contribution is -0.304. The maximum atomic E-state index is 11.9. The molecule has 0 atom stereocenters. The van der Waals surface area contributed by atoms with E-state index >= 15 is 0 Å². The predicted molar refractivity (Wildman–Crippen MR) is 79.0 cm³/mol. The lowest BCUT2D eigenvalue weighted by Gasteiger charge is -2.11. The minimum atomic E-state index is -1.18. The monoisotopic (exact) mass is 301 g/mol.